The zero-order valence-corrected chi connectivity index (χ0v) is 14.5. The molecule has 1 aromatic carbocycles. The molecule has 1 N–H and O–H groups in total. The van der Waals surface area contributed by atoms with Crippen LogP contribution in [-0.4, -0.2) is 58.9 Å². The van der Waals surface area contributed by atoms with Crippen molar-refractivity contribution in [3.63, 3.8) is 0 Å². The van der Waals surface area contributed by atoms with E-state index < -0.39 is 11.6 Å². The van der Waals surface area contributed by atoms with Gasteiger partial charge in [0.15, 0.2) is 6.10 Å². The number of nitrogens with one attached hydrogen (secondary N) is 1. The molecule has 7 nitrogen and oxygen atoms in total. The molecule has 0 bridgehead atoms. The van der Waals surface area contributed by atoms with E-state index in [-0.39, 0.29) is 17.8 Å². The lowest BCUT2D eigenvalue weighted by Crippen LogP contribution is -2.57. The van der Waals surface area contributed by atoms with E-state index in [1.54, 1.807) is 30.9 Å². The number of nitrogens with zero attached hydrogens (tertiary/aromatic N) is 2. The molecule has 1 spiro atoms. The van der Waals surface area contributed by atoms with Gasteiger partial charge < -0.3 is 15.0 Å². The number of urea groups is 1. The van der Waals surface area contributed by atoms with Crippen molar-refractivity contribution in [2.45, 2.75) is 38.3 Å². The smallest absolute Gasteiger partial charge is 0.325 e. The highest BCUT2D eigenvalue weighted by atomic mass is 16.5. The van der Waals surface area contributed by atoms with Gasteiger partial charge in [-0.25, -0.2) is 4.79 Å². The molecule has 0 unspecified atom stereocenters. The molecule has 2 fully saturated rings. The van der Waals surface area contributed by atoms with Gasteiger partial charge in [0.25, 0.3) is 11.8 Å². The summed E-state index contributed by atoms with van der Waals surface area (Å²) in [4.78, 5) is 39.9. The monoisotopic (exact) mass is 345 g/mol. The number of rotatable bonds is 4. The third-order valence-electron chi connectivity index (χ3n) is 4.89. The predicted molar refractivity (Wildman–Crippen MR) is 91.0 cm³/mol. The van der Waals surface area contributed by atoms with E-state index in [4.69, 9.17) is 4.74 Å². The third kappa shape index (κ3) is 3.18. The molecule has 0 aromatic heterocycles. The standard InChI is InChI=1S/C18H23N3O4/c1-3-21-16(23)18(19-17(21)24)9-11-20(12-10-18)15(22)13(2)25-14-7-5-4-6-8-14/h4-8,13H,3,9-12H2,1-2H3,(H,19,24)/t13-/m0/s1. The first kappa shape index (κ1) is 17.3. The molecule has 2 aliphatic rings. The van der Waals surface area contributed by atoms with Gasteiger partial charge in [0, 0.05) is 19.6 Å². The summed E-state index contributed by atoms with van der Waals surface area (Å²) in [5, 5.41) is 2.82. The zero-order valence-electron chi connectivity index (χ0n) is 14.5. The topological polar surface area (TPSA) is 79.0 Å². The van der Waals surface area contributed by atoms with Gasteiger partial charge in [-0.2, -0.15) is 0 Å². The molecule has 2 aliphatic heterocycles. The van der Waals surface area contributed by atoms with Crippen molar-refractivity contribution in [2.75, 3.05) is 19.6 Å². The molecule has 134 valence electrons. The van der Waals surface area contributed by atoms with Gasteiger partial charge in [-0.1, -0.05) is 18.2 Å². The molecule has 2 heterocycles. The first-order chi connectivity index (χ1) is 12.0. The summed E-state index contributed by atoms with van der Waals surface area (Å²) >= 11 is 0. The zero-order chi connectivity index (χ0) is 18.0. The molecule has 0 aliphatic carbocycles. The number of carbonyl (C=O) groups excluding carboxylic acids is 3. The van der Waals surface area contributed by atoms with E-state index in [0.29, 0.717) is 38.2 Å². The van der Waals surface area contributed by atoms with Crippen molar-refractivity contribution in [3.8, 4) is 5.75 Å². The first-order valence-electron chi connectivity index (χ1n) is 8.61. The van der Waals surface area contributed by atoms with Crippen LogP contribution in [-0.2, 0) is 9.59 Å². The number of carbonyl (C=O) groups is 3. The van der Waals surface area contributed by atoms with Crippen LogP contribution < -0.4 is 10.1 Å². The maximum atomic E-state index is 12.6. The number of benzene rings is 1. The number of hydrogen-bond acceptors (Lipinski definition) is 4. The van der Waals surface area contributed by atoms with Crippen LogP contribution in [0.5, 0.6) is 5.75 Å². The largest absolute Gasteiger partial charge is 0.481 e. The molecule has 0 saturated carbocycles. The van der Waals surface area contributed by atoms with E-state index in [1.807, 2.05) is 18.2 Å². The van der Waals surface area contributed by atoms with Crippen molar-refractivity contribution in [1.82, 2.24) is 15.1 Å². The second kappa shape index (κ2) is 6.74. The van der Waals surface area contributed by atoms with Crippen LogP contribution in [0.1, 0.15) is 26.7 Å². The first-order valence-corrected chi connectivity index (χ1v) is 8.61. The van der Waals surface area contributed by atoms with Crippen molar-refractivity contribution < 1.29 is 19.1 Å². The molecule has 1 atom stereocenters. The molecule has 3 rings (SSSR count). The van der Waals surface area contributed by atoms with Gasteiger partial charge in [-0.15, -0.1) is 0 Å². The van der Waals surface area contributed by atoms with Crippen molar-refractivity contribution in [3.05, 3.63) is 30.3 Å². The average Bonchev–Trinajstić information content (AvgIpc) is 2.85. The Labute approximate surface area is 146 Å². The van der Waals surface area contributed by atoms with E-state index in [1.165, 1.54) is 4.90 Å². The number of amides is 4. The molecule has 2 saturated heterocycles. The van der Waals surface area contributed by atoms with E-state index in [2.05, 4.69) is 5.32 Å². The molecule has 25 heavy (non-hydrogen) atoms. The Bertz CT molecular complexity index is 668. The highest BCUT2D eigenvalue weighted by Gasteiger charge is 2.52. The number of likely N-dealkylation sites (tertiary alicyclic amines) is 1. The Kier molecular flexibility index (Phi) is 4.65. The SMILES string of the molecule is CCN1C(=O)NC2(CCN(C(=O)[C@H](C)Oc3ccccc3)CC2)C1=O. The van der Waals surface area contributed by atoms with Crippen molar-refractivity contribution in [2.24, 2.45) is 0 Å². The van der Waals surface area contributed by atoms with Crippen molar-refractivity contribution in [1.29, 1.82) is 0 Å². The fourth-order valence-electron chi connectivity index (χ4n) is 3.42. The number of piperidine rings is 1. The number of para-hydroxylation sites is 1. The average molecular weight is 345 g/mol. The maximum Gasteiger partial charge on any atom is 0.325 e. The van der Waals surface area contributed by atoms with E-state index in [0.717, 1.165) is 0 Å². The van der Waals surface area contributed by atoms with Gasteiger partial charge in [0.1, 0.15) is 11.3 Å². The molecule has 4 amide bonds. The van der Waals surface area contributed by atoms with E-state index in [9.17, 15) is 14.4 Å². The lowest BCUT2D eigenvalue weighted by Gasteiger charge is -2.38. The van der Waals surface area contributed by atoms with Crippen LogP contribution in [0.15, 0.2) is 30.3 Å². The highest BCUT2D eigenvalue weighted by Crippen LogP contribution is 2.29. The summed E-state index contributed by atoms with van der Waals surface area (Å²) in [7, 11) is 0. The van der Waals surface area contributed by atoms with Crippen LogP contribution >= 0.6 is 0 Å². The van der Waals surface area contributed by atoms with Gasteiger partial charge in [-0.3, -0.25) is 14.5 Å². The summed E-state index contributed by atoms with van der Waals surface area (Å²) < 4.78 is 5.68. The minimum Gasteiger partial charge on any atom is -0.481 e. The molecular formula is C18H23N3O4. The summed E-state index contributed by atoms with van der Waals surface area (Å²) in [6.07, 6.45) is 0.257. The number of hydrogen-bond donors (Lipinski definition) is 1. The molecular weight excluding hydrogens is 322 g/mol. The summed E-state index contributed by atoms with van der Waals surface area (Å²) in [6, 6.07) is 8.86. The van der Waals surface area contributed by atoms with Crippen LogP contribution in [0.25, 0.3) is 0 Å². The fourth-order valence-corrected chi connectivity index (χ4v) is 3.42. The Hall–Kier alpha value is -2.57. The Morgan fingerprint density at radius 2 is 1.88 bits per heavy atom. The van der Waals surface area contributed by atoms with Gasteiger partial charge in [0.2, 0.25) is 0 Å². The normalized spacial score (nSPS) is 20.6. The summed E-state index contributed by atoms with van der Waals surface area (Å²) in [5.41, 5.74) is -0.854. The van der Waals surface area contributed by atoms with Crippen LogP contribution in [0.4, 0.5) is 4.79 Å². The second-order valence-electron chi connectivity index (χ2n) is 6.46. The predicted octanol–water partition coefficient (Wildman–Crippen LogP) is 1.39. The lowest BCUT2D eigenvalue weighted by molar-refractivity contribution is -0.142. The van der Waals surface area contributed by atoms with Crippen LogP contribution in [0.3, 0.4) is 0 Å². The Morgan fingerprint density at radius 1 is 1.24 bits per heavy atom. The quantitative estimate of drug-likeness (QED) is 0.837. The van der Waals surface area contributed by atoms with Gasteiger partial charge in [0.05, 0.1) is 0 Å². The minimum absolute atomic E-state index is 0.108. The molecule has 1 aromatic rings. The van der Waals surface area contributed by atoms with Crippen LogP contribution in [0.2, 0.25) is 0 Å². The van der Waals surface area contributed by atoms with E-state index >= 15 is 0 Å². The molecule has 0 radical (unpaired) electrons. The summed E-state index contributed by atoms with van der Waals surface area (Å²) in [5.74, 6) is 0.358. The highest BCUT2D eigenvalue weighted by molar-refractivity contribution is 6.07. The molecule has 7 heteroatoms. The number of ether oxygens (including phenoxy) is 1. The fraction of sp³-hybridized carbons (Fsp3) is 0.500. The Balaban J connectivity index is 1.59. The minimum atomic E-state index is -0.854. The van der Waals surface area contributed by atoms with Gasteiger partial charge >= 0.3 is 6.03 Å². The summed E-state index contributed by atoms with van der Waals surface area (Å²) in [6.45, 7) is 4.70. The number of imide groups is 1. The van der Waals surface area contributed by atoms with Crippen LogP contribution in [0, 0.1) is 0 Å². The van der Waals surface area contributed by atoms with Gasteiger partial charge in [-0.05, 0) is 38.8 Å². The lowest BCUT2D eigenvalue weighted by atomic mass is 9.87. The Morgan fingerprint density at radius 3 is 2.44 bits per heavy atom. The maximum absolute atomic E-state index is 12.6. The number of likely N-dealkylation sites (N-methyl/N-ethyl adjacent to an activating group) is 1. The second-order valence-corrected chi connectivity index (χ2v) is 6.46. The third-order valence-corrected chi connectivity index (χ3v) is 4.89. The van der Waals surface area contributed by atoms with Crippen molar-refractivity contribution >= 4 is 17.8 Å².